The van der Waals surface area contributed by atoms with Crippen molar-refractivity contribution >= 4 is 34.6 Å². The summed E-state index contributed by atoms with van der Waals surface area (Å²) in [6.07, 6.45) is 2.49. The minimum Gasteiger partial charge on any atom is -0.397 e. The van der Waals surface area contributed by atoms with E-state index in [9.17, 15) is 0 Å². The Labute approximate surface area is 100.0 Å². The molecular weight excluding hydrogens is 231 g/mol. The number of rotatable bonds is 3. The van der Waals surface area contributed by atoms with Crippen LogP contribution in [0.15, 0.2) is 12.1 Å². The molecule has 82 valence electrons. The fraction of sp³-hybridized carbons (Fsp3) is 0.455. The van der Waals surface area contributed by atoms with Crippen LogP contribution in [0.5, 0.6) is 0 Å². The summed E-state index contributed by atoms with van der Waals surface area (Å²) in [6, 6.07) is 4.22. The Balaban J connectivity index is 2.37. The lowest BCUT2D eigenvalue weighted by Gasteiger charge is -2.24. The summed E-state index contributed by atoms with van der Waals surface area (Å²) in [5.74, 6) is 0. The molecule has 1 aromatic rings. The fourth-order valence-corrected chi connectivity index (χ4v) is 2.14. The van der Waals surface area contributed by atoms with Gasteiger partial charge in [0.2, 0.25) is 0 Å². The second kappa shape index (κ2) is 4.11. The molecule has 1 aromatic carbocycles. The molecule has 0 unspecified atom stereocenters. The topological polar surface area (TPSA) is 29.3 Å². The number of halogens is 2. The van der Waals surface area contributed by atoms with Crippen LogP contribution in [0.1, 0.15) is 19.8 Å². The van der Waals surface area contributed by atoms with Crippen molar-refractivity contribution in [3.05, 3.63) is 22.2 Å². The molecule has 2 N–H and O–H groups in total. The van der Waals surface area contributed by atoms with E-state index in [4.69, 9.17) is 28.9 Å². The van der Waals surface area contributed by atoms with Crippen molar-refractivity contribution in [1.29, 1.82) is 0 Å². The van der Waals surface area contributed by atoms with E-state index in [0.29, 0.717) is 21.8 Å². The normalized spacial score (nSPS) is 15.4. The van der Waals surface area contributed by atoms with Gasteiger partial charge in [-0.25, -0.2) is 0 Å². The highest BCUT2D eigenvalue weighted by molar-refractivity contribution is 6.42. The Morgan fingerprint density at radius 3 is 2.47 bits per heavy atom. The van der Waals surface area contributed by atoms with E-state index in [1.165, 1.54) is 12.8 Å². The average molecular weight is 245 g/mol. The maximum atomic E-state index is 6.00. The molecule has 0 radical (unpaired) electrons. The molecule has 4 heteroatoms. The summed E-state index contributed by atoms with van der Waals surface area (Å²) in [7, 11) is 0. The molecule has 0 aliphatic heterocycles. The van der Waals surface area contributed by atoms with E-state index < -0.39 is 0 Å². The predicted octanol–water partition coefficient (Wildman–Crippen LogP) is 3.56. The van der Waals surface area contributed by atoms with E-state index in [0.717, 1.165) is 12.2 Å². The molecule has 2 rings (SSSR count). The third-order valence-corrected chi connectivity index (χ3v) is 3.43. The lowest BCUT2D eigenvalue weighted by molar-refractivity contribution is 0.828. The van der Waals surface area contributed by atoms with Gasteiger partial charge in [-0.05, 0) is 31.9 Å². The maximum Gasteiger partial charge on any atom is 0.0618 e. The number of hydrogen-bond acceptors (Lipinski definition) is 2. The number of nitrogens with zero attached hydrogens (tertiary/aromatic N) is 1. The Morgan fingerprint density at radius 1 is 1.33 bits per heavy atom. The Bertz CT molecular complexity index is 375. The first kappa shape index (κ1) is 10.9. The first-order valence-corrected chi connectivity index (χ1v) is 5.90. The van der Waals surface area contributed by atoms with Gasteiger partial charge in [-0.3, -0.25) is 0 Å². The molecule has 2 nitrogen and oxygen atoms in total. The van der Waals surface area contributed by atoms with Crippen LogP contribution in [0, 0.1) is 0 Å². The Morgan fingerprint density at radius 2 is 1.93 bits per heavy atom. The van der Waals surface area contributed by atoms with Gasteiger partial charge in [0.1, 0.15) is 0 Å². The van der Waals surface area contributed by atoms with Gasteiger partial charge >= 0.3 is 0 Å². The highest BCUT2D eigenvalue weighted by Crippen LogP contribution is 2.38. The maximum absolute atomic E-state index is 6.00. The molecule has 1 saturated carbocycles. The molecule has 0 heterocycles. The van der Waals surface area contributed by atoms with Crippen molar-refractivity contribution in [3.8, 4) is 0 Å². The Hall–Kier alpha value is -0.600. The molecule has 0 bridgehead atoms. The van der Waals surface area contributed by atoms with Crippen LogP contribution in [-0.4, -0.2) is 12.6 Å². The number of benzene rings is 1. The fourth-order valence-electron chi connectivity index (χ4n) is 1.81. The number of nitrogens with two attached hydrogens (primary N) is 1. The lowest BCUT2D eigenvalue weighted by Crippen LogP contribution is -2.25. The van der Waals surface area contributed by atoms with Gasteiger partial charge in [0.05, 0.1) is 21.4 Å². The van der Waals surface area contributed by atoms with Crippen molar-refractivity contribution in [3.63, 3.8) is 0 Å². The van der Waals surface area contributed by atoms with Crippen molar-refractivity contribution in [2.24, 2.45) is 0 Å². The van der Waals surface area contributed by atoms with Gasteiger partial charge < -0.3 is 10.6 Å². The van der Waals surface area contributed by atoms with Crippen LogP contribution in [0.4, 0.5) is 11.4 Å². The predicted molar refractivity (Wildman–Crippen MR) is 66.9 cm³/mol. The zero-order chi connectivity index (χ0) is 11.0. The van der Waals surface area contributed by atoms with E-state index in [-0.39, 0.29) is 0 Å². The third-order valence-electron chi connectivity index (χ3n) is 2.71. The van der Waals surface area contributed by atoms with Crippen LogP contribution in [0.25, 0.3) is 0 Å². The first-order valence-electron chi connectivity index (χ1n) is 5.14. The summed E-state index contributed by atoms with van der Waals surface area (Å²) in [5.41, 5.74) is 7.66. The van der Waals surface area contributed by atoms with Gasteiger partial charge in [-0.1, -0.05) is 23.2 Å². The molecule has 15 heavy (non-hydrogen) atoms. The van der Waals surface area contributed by atoms with Crippen molar-refractivity contribution in [2.75, 3.05) is 17.2 Å². The molecule has 0 amide bonds. The first-order chi connectivity index (χ1) is 7.13. The number of anilines is 2. The monoisotopic (exact) mass is 244 g/mol. The van der Waals surface area contributed by atoms with Gasteiger partial charge in [0, 0.05) is 12.6 Å². The molecule has 0 saturated heterocycles. The summed E-state index contributed by atoms with van der Waals surface area (Å²) >= 11 is 11.9. The second-order valence-electron chi connectivity index (χ2n) is 3.84. The number of hydrogen-bond donors (Lipinski definition) is 1. The largest absolute Gasteiger partial charge is 0.397 e. The molecule has 1 aliphatic carbocycles. The van der Waals surface area contributed by atoms with Crippen molar-refractivity contribution < 1.29 is 0 Å². The highest BCUT2D eigenvalue weighted by atomic mass is 35.5. The molecule has 1 aliphatic rings. The minimum atomic E-state index is 0.518. The SMILES string of the molecule is CCN(c1cc(Cl)c(Cl)cc1N)C1CC1. The van der Waals surface area contributed by atoms with E-state index in [1.54, 1.807) is 6.07 Å². The van der Waals surface area contributed by atoms with Gasteiger partial charge in [-0.15, -0.1) is 0 Å². The second-order valence-corrected chi connectivity index (χ2v) is 4.66. The molecule has 0 aromatic heterocycles. The van der Waals surface area contributed by atoms with E-state index in [1.807, 2.05) is 6.07 Å². The van der Waals surface area contributed by atoms with Crippen molar-refractivity contribution in [2.45, 2.75) is 25.8 Å². The van der Waals surface area contributed by atoms with E-state index >= 15 is 0 Å². The molecule has 0 atom stereocenters. The molecule has 1 fully saturated rings. The summed E-state index contributed by atoms with van der Waals surface area (Å²) in [5, 5.41) is 1.09. The Kier molecular flexibility index (Phi) is 2.98. The highest BCUT2D eigenvalue weighted by Gasteiger charge is 2.29. The summed E-state index contributed by atoms with van der Waals surface area (Å²) in [4.78, 5) is 2.29. The molecule has 0 spiro atoms. The van der Waals surface area contributed by atoms with Crippen LogP contribution >= 0.6 is 23.2 Å². The summed E-state index contributed by atoms with van der Waals surface area (Å²) in [6.45, 7) is 3.08. The molecular formula is C11H14Cl2N2. The summed E-state index contributed by atoms with van der Waals surface area (Å²) < 4.78 is 0. The standard InChI is InChI=1S/C11H14Cl2N2/c1-2-15(7-3-4-7)11-6-9(13)8(12)5-10(11)14/h5-7H,2-4,14H2,1H3. The van der Waals surface area contributed by atoms with Crippen LogP contribution in [0.2, 0.25) is 10.0 Å². The van der Waals surface area contributed by atoms with Crippen LogP contribution in [-0.2, 0) is 0 Å². The smallest absolute Gasteiger partial charge is 0.0618 e. The van der Waals surface area contributed by atoms with Gasteiger partial charge in [0.25, 0.3) is 0 Å². The zero-order valence-corrected chi connectivity index (χ0v) is 10.1. The van der Waals surface area contributed by atoms with Crippen LogP contribution in [0.3, 0.4) is 0 Å². The van der Waals surface area contributed by atoms with Gasteiger partial charge in [0.15, 0.2) is 0 Å². The third kappa shape index (κ3) is 2.16. The van der Waals surface area contributed by atoms with Crippen molar-refractivity contribution in [1.82, 2.24) is 0 Å². The van der Waals surface area contributed by atoms with Gasteiger partial charge in [-0.2, -0.15) is 0 Å². The van der Waals surface area contributed by atoms with E-state index in [2.05, 4.69) is 11.8 Å². The quantitative estimate of drug-likeness (QED) is 0.825. The minimum absolute atomic E-state index is 0.518. The number of nitrogen functional groups attached to an aromatic ring is 1. The lowest BCUT2D eigenvalue weighted by atomic mass is 10.2. The van der Waals surface area contributed by atoms with Crippen LogP contribution < -0.4 is 10.6 Å². The zero-order valence-electron chi connectivity index (χ0n) is 8.63. The average Bonchev–Trinajstić information content (AvgIpc) is 2.99.